The van der Waals surface area contributed by atoms with Crippen LogP contribution in [0.15, 0.2) is 30.3 Å². The van der Waals surface area contributed by atoms with Crippen LogP contribution < -0.4 is 0 Å². The minimum Gasteiger partial charge on any atom is -0.444 e. The van der Waals surface area contributed by atoms with Crippen LogP contribution in [0.5, 0.6) is 0 Å². The number of amides is 1. The summed E-state index contributed by atoms with van der Waals surface area (Å²) in [6.07, 6.45) is 0.395. The normalized spacial score (nSPS) is 19.7. The lowest BCUT2D eigenvalue weighted by Crippen LogP contribution is -2.55. The molecule has 1 aromatic rings. The Hall–Kier alpha value is -1.59. The van der Waals surface area contributed by atoms with Crippen molar-refractivity contribution in [1.29, 1.82) is 0 Å². The number of benzene rings is 1. The molecule has 1 aliphatic rings. The molecule has 0 saturated carbocycles. The average molecular weight is 320 g/mol. The monoisotopic (exact) mass is 320 g/mol. The van der Waals surface area contributed by atoms with Crippen molar-refractivity contribution < 1.29 is 14.6 Å². The summed E-state index contributed by atoms with van der Waals surface area (Å²) in [6, 6.07) is 10.4. The second-order valence-corrected chi connectivity index (χ2v) is 7.05. The summed E-state index contributed by atoms with van der Waals surface area (Å²) in [5, 5.41) is 9.35. The quantitative estimate of drug-likeness (QED) is 0.926. The zero-order valence-electron chi connectivity index (χ0n) is 14.4. The van der Waals surface area contributed by atoms with Crippen molar-refractivity contribution in [2.45, 2.75) is 45.4 Å². The molecule has 0 aromatic heterocycles. The summed E-state index contributed by atoms with van der Waals surface area (Å²) in [5.74, 6) is 0. The number of ether oxygens (including phenoxy) is 1. The van der Waals surface area contributed by atoms with Gasteiger partial charge in [-0.1, -0.05) is 30.3 Å². The van der Waals surface area contributed by atoms with Gasteiger partial charge in [-0.2, -0.15) is 0 Å². The fourth-order valence-electron chi connectivity index (χ4n) is 2.83. The Morgan fingerprint density at radius 3 is 2.57 bits per heavy atom. The molecule has 1 amide bonds. The maximum absolute atomic E-state index is 12.3. The molecule has 1 fully saturated rings. The number of piperazine rings is 1. The number of carbonyl (C=O) groups is 1. The predicted molar refractivity (Wildman–Crippen MR) is 90.1 cm³/mol. The first kappa shape index (κ1) is 17.8. The van der Waals surface area contributed by atoms with Crippen molar-refractivity contribution in [3.05, 3.63) is 35.9 Å². The first-order chi connectivity index (χ1) is 10.9. The molecule has 1 atom stereocenters. The third-order valence-corrected chi connectivity index (χ3v) is 3.95. The van der Waals surface area contributed by atoms with Gasteiger partial charge in [0.15, 0.2) is 0 Å². The van der Waals surface area contributed by atoms with E-state index in [1.54, 1.807) is 4.90 Å². The van der Waals surface area contributed by atoms with Crippen molar-refractivity contribution in [2.75, 3.05) is 26.2 Å². The Morgan fingerprint density at radius 2 is 1.96 bits per heavy atom. The molecule has 0 bridgehead atoms. The second kappa shape index (κ2) is 7.79. The van der Waals surface area contributed by atoms with E-state index in [-0.39, 0.29) is 18.7 Å². The molecule has 1 saturated heterocycles. The van der Waals surface area contributed by atoms with E-state index in [1.807, 2.05) is 39.0 Å². The fourth-order valence-corrected chi connectivity index (χ4v) is 2.83. The van der Waals surface area contributed by atoms with Crippen molar-refractivity contribution in [3.63, 3.8) is 0 Å². The van der Waals surface area contributed by atoms with Crippen LogP contribution in [0.3, 0.4) is 0 Å². The van der Waals surface area contributed by atoms with Gasteiger partial charge in [-0.25, -0.2) is 4.79 Å². The highest BCUT2D eigenvalue weighted by Gasteiger charge is 2.31. The highest BCUT2D eigenvalue weighted by Crippen LogP contribution is 2.19. The van der Waals surface area contributed by atoms with Crippen molar-refractivity contribution in [1.82, 2.24) is 9.80 Å². The van der Waals surface area contributed by atoms with E-state index in [0.29, 0.717) is 19.5 Å². The molecule has 0 spiro atoms. The number of aliphatic hydroxyl groups is 1. The van der Waals surface area contributed by atoms with Crippen molar-refractivity contribution in [3.8, 4) is 0 Å². The molecule has 1 aromatic carbocycles. The first-order valence-electron chi connectivity index (χ1n) is 8.26. The van der Waals surface area contributed by atoms with Gasteiger partial charge < -0.3 is 14.7 Å². The molecule has 23 heavy (non-hydrogen) atoms. The highest BCUT2D eigenvalue weighted by molar-refractivity contribution is 5.68. The Labute approximate surface area is 138 Å². The lowest BCUT2D eigenvalue weighted by atomic mass is 10.1. The van der Waals surface area contributed by atoms with Gasteiger partial charge in [0.1, 0.15) is 5.60 Å². The molecule has 0 aliphatic carbocycles. The number of rotatable bonds is 4. The molecule has 1 aliphatic heterocycles. The number of aliphatic hydroxyl groups excluding tert-OH is 1. The maximum Gasteiger partial charge on any atom is 0.410 e. The lowest BCUT2D eigenvalue weighted by molar-refractivity contribution is -0.000865. The second-order valence-electron chi connectivity index (χ2n) is 7.05. The SMILES string of the molecule is CC(C)(C)OC(=O)N1CCN(Cc2ccccc2)[C@@H](CCO)C1. The zero-order valence-corrected chi connectivity index (χ0v) is 14.4. The van der Waals surface area contributed by atoms with Crippen LogP contribution in [-0.2, 0) is 11.3 Å². The van der Waals surface area contributed by atoms with Crippen LogP contribution in [0, 0.1) is 0 Å². The topological polar surface area (TPSA) is 53.0 Å². The smallest absolute Gasteiger partial charge is 0.410 e. The van der Waals surface area contributed by atoms with Gasteiger partial charge in [0.25, 0.3) is 0 Å². The Kier molecular flexibility index (Phi) is 6.02. The summed E-state index contributed by atoms with van der Waals surface area (Å²) in [6.45, 7) is 8.64. The van der Waals surface area contributed by atoms with E-state index in [4.69, 9.17) is 4.74 Å². The molecule has 0 unspecified atom stereocenters. The van der Waals surface area contributed by atoms with E-state index < -0.39 is 5.60 Å². The Morgan fingerprint density at radius 1 is 1.26 bits per heavy atom. The van der Waals surface area contributed by atoms with Crippen LogP contribution in [-0.4, -0.2) is 58.9 Å². The summed E-state index contributed by atoms with van der Waals surface area (Å²) in [7, 11) is 0. The first-order valence-corrected chi connectivity index (χ1v) is 8.26. The summed E-state index contributed by atoms with van der Waals surface area (Å²) in [4.78, 5) is 16.3. The fraction of sp³-hybridized carbons (Fsp3) is 0.611. The number of nitrogens with zero attached hydrogens (tertiary/aromatic N) is 2. The maximum atomic E-state index is 12.3. The molecule has 0 radical (unpaired) electrons. The zero-order chi connectivity index (χ0) is 16.9. The summed E-state index contributed by atoms with van der Waals surface area (Å²) < 4.78 is 5.46. The Bertz CT molecular complexity index is 499. The standard InChI is InChI=1S/C18H28N2O3/c1-18(2,3)23-17(22)20-11-10-19(16(14-20)9-12-21)13-15-7-5-4-6-8-15/h4-8,16,21H,9-14H2,1-3H3/t16-/m0/s1. The molecule has 5 heteroatoms. The third kappa shape index (κ3) is 5.52. The molecule has 5 nitrogen and oxygen atoms in total. The Balaban J connectivity index is 1.98. The molecular weight excluding hydrogens is 292 g/mol. The summed E-state index contributed by atoms with van der Waals surface area (Å²) in [5.41, 5.74) is 0.770. The van der Waals surface area contributed by atoms with Crippen molar-refractivity contribution >= 4 is 6.09 Å². The molecular formula is C18H28N2O3. The van der Waals surface area contributed by atoms with E-state index in [1.165, 1.54) is 5.56 Å². The van der Waals surface area contributed by atoms with E-state index in [0.717, 1.165) is 13.1 Å². The van der Waals surface area contributed by atoms with Gasteiger partial charge >= 0.3 is 6.09 Å². The number of hydrogen-bond donors (Lipinski definition) is 1. The molecule has 1 N–H and O–H groups in total. The van der Waals surface area contributed by atoms with Crippen LogP contribution >= 0.6 is 0 Å². The minimum absolute atomic E-state index is 0.123. The minimum atomic E-state index is -0.481. The molecule has 128 valence electrons. The van der Waals surface area contributed by atoms with Crippen LogP contribution in [0.4, 0.5) is 4.79 Å². The van der Waals surface area contributed by atoms with Gasteiger partial charge in [0.2, 0.25) is 0 Å². The molecule has 2 rings (SSSR count). The number of carbonyl (C=O) groups excluding carboxylic acids is 1. The van der Waals surface area contributed by atoms with E-state index >= 15 is 0 Å². The van der Waals surface area contributed by atoms with E-state index in [2.05, 4.69) is 17.0 Å². The highest BCUT2D eigenvalue weighted by atomic mass is 16.6. The largest absolute Gasteiger partial charge is 0.444 e. The van der Waals surface area contributed by atoms with Crippen LogP contribution in [0.2, 0.25) is 0 Å². The number of hydrogen-bond acceptors (Lipinski definition) is 4. The van der Waals surface area contributed by atoms with Gasteiger partial charge in [0.05, 0.1) is 0 Å². The van der Waals surface area contributed by atoms with Crippen LogP contribution in [0.1, 0.15) is 32.8 Å². The van der Waals surface area contributed by atoms with Crippen molar-refractivity contribution in [2.24, 2.45) is 0 Å². The van der Waals surface area contributed by atoms with Gasteiger partial charge in [0, 0.05) is 38.8 Å². The predicted octanol–water partition coefficient (Wildman–Crippen LogP) is 2.49. The van der Waals surface area contributed by atoms with Gasteiger partial charge in [-0.05, 0) is 32.8 Å². The van der Waals surface area contributed by atoms with Crippen LogP contribution in [0.25, 0.3) is 0 Å². The van der Waals surface area contributed by atoms with Gasteiger partial charge in [-0.3, -0.25) is 4.90 Å². The van der Waals surface area contributed by atoms with E-state index in [9.17, 15) is 9.90 Å². The third-order valence-electron chi connectivity index (χ3n) is 3.95. The molecule has 1 heterocycles. The van der Waals surface area contributed by atoms with Gasteiger partial charge in [-0.15, -0.1) is 0 Å². The summed E-state index contributed by atoms with van der Waals surface area (Å²) >= 11 is 0. The average Bonchev–Trinajstić information content (AvgIpc) is 2.48. The lowest BCUT2D eigenvalue weighted by Gasteiger charge is -2.41.